The summed E-state index contributed by atoms with van der Waals surface area (Å²) in [4.78, 5) is 1.59. The Morgan fingerprint density at radius 3 is 2.21 bits per heavy atom. The van der Waals surface area contributed by atoms with Crippen molar-refractivity contribution < 1.29 is 8.78 Å². The lowest BCUT2D eigenvalue weighted by atomic mass is 10.1. The highest BCUT2D eigenvalue weighted by atomic mass is 19.2. The Balaban J connectivity index is 2.57. The Morgan fingerprint density at radius 2 is 1.79 bits per heavy atom. The third kappa shape index (κ3) is 2.77. The summed E-state index contributed by atoms with van der Waals surface area (Å²) in [6, 6.07) is 0. The topological polar surface area (TPSA) is 3.24 Å². The molecule has 0 radical (unpaired) electrons. The van der Waals surface area contributed by atoms with E-state index in [9.17, 15) is 8.78 Å². The van der Waals surface area contributed by atoms with Crippen LogP contribution >= 0.6 is 0 Å². The Bertz CT molecular complexity index is 184. The van der Waals surface area contributed by atoms with Crippen molar-refractivity contribution in [3.63, 3.8) is 0 Å². The fraction of sp³-hybridized carbons (Fsp3) is 0.818. The maximum absolute atomic E-state index is 13.7. The molecule has 0 aromatic carbocycles. The summed E-state index contributed by atoms with van der Waals surface area (Å²) in [5.41, 5.74) is -1.93. The molecule has 3 heteroatoms. The molecule has 2 atom stereocenters. The quantitative estimate of drug-likeness (QED) is 0.503. The van der Waals surface area contributed by atoms with Crippen molar-refractivity contribution in [2.75, 3.05) is 13.1 Å². The van der Waals surface area contributed by atoms with Gasteiger partial charge in [0.05, 0.1) is 0 Å². The van der Waals surface area contributed by atoms with Gasteiger partial charge in [-0.3, -0.25) is 4.90 Å². The van der Waals surface area contributed by atoms with Gasteiger partial charge >= 0.3 is 0 Å². The van der Waals surface area contributed by atoms with Crippen LogP contribution < -0.4 is 0 Å². The van der Waals surface area contributed by atoms with Crippen LogP contribution in [-0.4, -0.2) is 30.0 Å². The Hall–Kier alpha value is -0.440. The molecule has 1 nitrogen and oxygen atoms in total. The molecule has 0 amide bonds. The van der Waals surface area contributed by atoms with Crippen LogP contribution in [0, 0.1) is 0 Å². The first-order chi connectivity index (χ1) is 6.58. The molecule has 14 heavy (non-hydrogen) atoms. The van der Waals surface area contributed by atoms with Gasteiger partial charge in [0.25, 0.3) is 0 Å². The van der Waals surface area contributed by atoms with E-state index in [-0.39, 0.29) is 0 Å². The minimum Gasteiger partial charge on any atom is -0.271 e. The summed E-state index contributed by atoms with van der Waals surface area (Å²) < 4.78 is 27.3. The second-order valence-corrected chi connectivity index (χ2v) is 4.14. The van der Waals surface area contributed by atoms with Gasteiger partial charge in [-0.15, -0.1) is 0 Å². The third-order valence-corrected chi connectivity index (χ3v) is 2.83. The first kappa shape index (κ1) is 11.6. The molecule has 1 aliphatic rings. The lowest BCUT2D eigenvalue weighted by Gasteiger charge is -2.31. The fourth-order valence-corrected chi connectivity index (χ4v) is 1.78. The summed E-state index contributed by atoms with van der Waals surface area (Å²) in [7, 11) is 0. The normalized spacial score (nSPS) is 26.2. The van der Waals surface area contributed by atoms with Crippen molar-refractivity contribution in [2.24, 2.45) is 0 Å². The molecule has 1 rings (SSSR count). The van der Waals surface area contributed by atoms with E-state index in [1.165, 1.54) is 6.92 Å². The van der Waals surface area contributed by atoms with E-state index < -0.39 is 12.0 Å². The molecule has 1 heterocycles. The molecule has 1 aliphatic heterocycles. The first-order valence-corrected chi connectivity index (χ1v) is 5.28. The maximum atomic E-state index is 13.7. The minimum absolute atomic E-state index is 0.661. The van der Waals surface area contributed by atoms with Gasteiger partial charge in [0.2, 0.25) is 0 Å². The minimum atomic E-state index is -1.93. The number of hydrogen-bond donors (Lipinski definition) is 0. The van der Waals surface area contributed by atoms with Crippen molar-refractivity contribution in [1.29, 1.82) is 0 Å². The van der Waals surface area contributed by atoms with E-state index in [1.807, 2.05) is 0 Å². The predicted molar refractivity (Wildman–Crippen MR) is 54.6 cm³/mol. The SMILES string of the molecule is C=CC(C)(F)C(F)N1CCCCCC1. The van der Waals surface area contributed by atoms with Crippen LogP contribution in [0.2, 0.25) is 0 Å². The van der Waals surface area contributed by atoms with Crippen LogP contribution in [0.15, 0.2) is 12.7 Å². The molecule has 0 aliphatic carbocycles. The highest BCUT2D eigenvalue weighted by Crippen LogP contribution is 2.25. The Labute approximate surface area is 84.8 Å². The molecule has 0 aromatic rings. The van der Waals surface area contributed by atoms with Crippen molar-refractivity contribution in [2.45, 2.75) is 44.6 Å². The smallest absolute Gasteiger partial charge is 0.191 e. The zero-order valence-corrected chi connectivity index (χ0v) is 8.81. The van der Waals surface area contributed by atoms with Crippen LogP contribution in [0.5, 0.6) is 0 Å². The second-order valence-electron chi connectivity index (χ2n) is 4.14. The van der Waals surface area contributed by atoms with Crippen molar-refractivity contribution >= 4 is 0 Å². The molecule has 1 fully saturated rings. The predicted octanol–water partition coefficient (Wildman–Crippen LogP) is 3.07. The molecular weight excluding hydrogens is 184 g/mol. The van der Waals surface area contributed by atoms with Gasteiger partial charge in [-0.05, 0) is 19.8 Å². The van der Waals surface area contributed by atoms with E-state index in [2.05, 4.69) is 6.58 Å². The second kappa shape index (κ2) is 4.87. The van der Waals surface area contributed by atoms with Gasteiger partial charge in [-0.25, -0.2) is 8.78 Å². The summed E-state index contributed by atoms with van der Waals surface area (Å²) >= 11 is 0. The summed E-state index contributed by atoms with van der Waals surface area (Å²) in [5.74, 6) is 0. The van der Waals surface area contributed by atoms with Crippen molar-refractivity contribution in [1.82, 2.24) is 4.90 Å². The van der Waals surface area contributed by atoms with Gasteiger partial charge in [-0.1, -0.05) is 25.5 Å². The Morgan fingerprint density at radius 1 is 1.29 bits per heavy atom. The molecular formula is C11H19F2N. The largest absolute Gasteiger partial charge is 0.271 e. The van der Waals surface area contributed by atoms with E-state index >= 15 is 0 Å². The first-order valence-electron chi connectivity index (χ1n) is 5.28. The van der Waals surface area contributed by atoms with Crippen LogP contribution in [-0.2, 0) is 0 Å². The average molecular weight is 203 g/mol. The van der Waals surface area contributed by atoms with E-state index in [0.717, 1.165) is 31.8 Å². The summed E-state index contributed by atoms with van der Waals surface area (Å²) in [6.07, 6.45) is 3.70. The zero-order chi connectivity index (χ0) is 10.6. The lowest BCUT2D eigenvalue weighted by molar-refractivity contribution is -0.0165. The average Bonchev–Trinajstić information content (AvgIpc) is 2.44. The summed E-state index contributed by atoms with van der Waals surface area (Å²) in [5, 5.41) is 0. The highest BCUT2D eigenvalue weighted by molar-refractivity contribution is 4.98. The van der Waals surface area contributed by atoms with Gasteiger partial charge in [0.1, 0.15) is 0 Å². The van der Waals surface area contributed by atoms with Crippen LogP contribution in [0.25, 0.3) is 0 Å². The molecule has 0 bridgehead atoms. The number of hydrogen-bond acceptors (Lipinski definition) is 1. The molecule has 0 spiro atoms. The molecule has 82 valence electrons. The van der Waals surface area contributed by atoms with Gasteiger partial charge in [0.15, 0.2) is 12.0 Å². The number of halogens is 2. The molecule has 0 N–H and O–H groups in total. The summed E-state index contributed by atoms with van der Waals surface area (Å²) in [6.45, 7) is 5.90. The maximum Gasteiger partial charge on any atom is 0.191 e. The van der Waals surface area contributed by atoms with Crippen LogP contribution in [0.4, 0.5) is 8.78 Å². The van der Waals surface area contributed by atoms with Crippen LogP contribution in [0.3, 0.4) is 0 Å². The van der Waals surface area contributed by atoms with E-state index in [1.54, 1.807) is 4.90 Å². The number of likely N-dealkylation sites (tertiary alicyclic amines) is 1. The molecule has 2 unspecified atom stereocenters. The van der Waals surface area contributed by atoms with E-state index in [0.29, 0.717) is 13.1 Å². The molecule has 0 aromatic heterocycles. The monoisotopic (exact) mass is 203 g/mol. The van der Waals surface area contributed by atoms with Gasteiger partial charge < -0.3 is 0 Å². The zero-order valence-electron chi connectivity index (χ0n) is 8.81. The fourth-order valence-electron chi connectivity index (χ4n) is 1.78. The number of nitrogens with zero attached hydrogens (tertiary/aromatic N) is 1. The highest BCUT2D eigenvalue weighted by Gasteiger charge is 2.36. The Kier molecular flexibility index (Phi) is 4.05. The standard InChI is InChI=1S/C11H19F2N/c1-3-11(2,13)10(12)14-8-6-4-5-7-9-14/h3,10H,1,4-9H2,2H3. The molecule has 1 saturated heterocycles. The number of alkyl halides is 2. The number of rotatable bonds is 3. The lowest BCUT2D eigenvalue weighted by Crippen LogP contribution is -2.45. The van der Waals surface area contributed by atoms with Gasteiger partial charge in [-0.2, -0.15) is 0 Å². The van der Waals surface area contributed by atoms with Crippen molar-refractivity contribution in [3.05, 3.63) is 12.7 Å². The third-order valence-electron chi connectivity index (χ3n) is 2.83. The van der Waals surface area contributed by atoms with Crippen molar-refractivity contribution in [3.8, 4) is 0 Å². The van der Waals surface area contributed by atoms with Gasteiger partial charge in [0, 0.05) is 13.1 Å². The van der Waals surface area contributed by atoms with E-state index in [4.69, 9.17) is 0 Å². The van der Waals surface area contributed by atoms with Crippen LogP contribution in [0.1, 0.15) is 32.6 Å². The molecule has 0 saturated carbocycles.